The van der Waals surface area contributed by atoms with Gasteiger partial charge in [-0.2, -0.15) is 0 Å². The maximum absolute atomic E-state index is 13.0. The Morgan fingerprint density at radius 1 is 1.18 bits per heavy atom. The average Bonchev–Trinajstić information content (AvgIpc) is 2.86. The number of methoxy groups -OCH3 is 1. The van der Waals surface area contributed by atoms with Crippen molar-refractivity contribution in [3.63, 3.8) is 0 Å². The summed E-state index contributed by atoms with van der Waals surface area (Å²) >= 11 is 0. The number of aromatic nitrogens is 2. The SMILES string of the molecule is CCC1CCCCN1CCNC(=O)c1ccc2c(=O)n(Cc3ccccc3OC)c(=O)[nH]c2c1. The Morgan fingerprint density at radius 2 is 2.00 bits per heavy atom. The number of hydrogen-bond donors (Lipinski definition) is 2. The van der Waals surface area contributed by atoms with Crippen molar-refractivity contribution in [3.05, 3.63) is 74.4 Å². The molecule has 0 spiro atoms. The Morgan fingerprint density at radius 3 is 2.79 bits per heavy atom. The van der Waals surface area contributed by atoms with Crippen molar-refractivity contribution >= 4 is 16.8 Å². The molecular weight excluding hydrogens is 432 g/mol. The van der Waals surface area contributed by atoms with Crippen molar-refractivity contribution < 1.29 is 9.53 Å². The number of rotatable bonds is 8. The molecule has 2 heterocycles. The van der Waals surface area contributed by atoms with Crippen LogP contribution in [-0.4, -0.2) is 53.1 Å². The third-order valence-electron chi connectivity index (χ3n) is 6.67. The smallest absolute Gasteiger partial charge is 0.329 e. The quantitative estimate of drug-likeness (QED) is 0.534. The van der Waals surface area contributed by atoms with Crippen molar-refractivity contribution in [1.82, 2.24) is 19.8 Å². The van der Waals surface area contributed by atoms with E-state index < -0.39 is 11.2 Å². The zero-order chi connectivity index (χ0) is 24.1. The van der Waals surface area contributed by atoms with E-state index in [0.29, 0.717) is 34.8 Å². The molecule has 4 rings (SSSR count). The number of nitrogens with one attached hydrogen (secondary N) is 2. The standard InChI is InChI=1S/C26H32N4O4/c1-3-20-9-6-7-14-29(20)15-13-27-24(31)18-11-12-21-22(16-18)28-26(33)30(25(21)32)17-19-8-4-5-10-23(19)34-2/h4-5,8,10-12,16,20H,3,6-7,9,13-15,17H2,1-2H3,(H,27,31)(H,28,33). The molecule has 0 bridgehead atoms. The number of likely N-dealkylation sites (tertiary alicyclic amines) is 1. The minimum absolute atomic E-state index is 0.0889. The number of carbonyl (C=O) groups is 1. The lowest BCUT2D eigenvalue weighted by molar-refractivity contribution is 0.0934. The van der Waals surface area contributed by atoms with E-state index in [-0.39, 0.29) is 12.5 Å². The predicted octanol–water partition coefficient (Wildman–Crippen LogP) is 2.74. The first kappa shape index (κ1) is 23.8. The number of carbonyl (C=O) groups excluding carboxylic acids is 1. The molecule has 1 saturated heterocycles. The molecule has 1 aromatic heterocycles. The lowest BCUT2D eigenvalue weighted by Gasteiger charge is -2.35. The maximum atomic E-state index is 13.0. The van der Waals surface area contributed by atoms with E-state index in [1.165, 1.54) is 19.3 Å². The van der Waals surface area contributed by atoms with Crippen LogP contribution in [0.1, 0.15) is 48.5 Å². The van der Waals surface area contributed by atoms with Gasteiger partial charge in [-0.1, -0.05) is 31.5 Å². The Balaban J connectivity index is 1.49. The van der Waals surface area contributed by atoms with E-state index in [1.54, 1.807) is 31.4 Å². The number of para-hydroxylation sites is 1. The second-order valence-electron chi connectivity index (χ2n) is 8.74. The fourth-order valence-corrected chi connectivity index (χ4v) is 4.78. The molecule has 1 atom stereocenters. The van der Waals surface area contributed by atoms with Gasteiger partial charge in [0.1, 0.15) is 5.75 Å². The molecule has 3 aromatic rings. The maximum Gasteiger partial charge on any atom is 0.329 e. The fraction of sp³-hybridized carbons (Fsp3) is 0.423. The number of nitrogens with zero attached hydrogens (tertiary/aromatic N) is 2. The normalized spacial score (nSPS) is 16.5. The summed E-state index contributed by atoms with van der Waals surface area (Å²) in [5, 5.41) is 3.32. The third kappa shape index (κ3) is 5.07. The molecule has 34 heavy (non-hydrogen) atoms. The van der Waals surface area contributed by atoms with Crippen molar-refractivity contribution in [2.75, 3.05) is 26.7 Å². The lowest BCUT2D eigenvalue weighted by atomic mass is 10.0. The summed E-state index contributed by atoms with van der Waals surface area (Å²) in [6, 6.07) is 12.6. The van der Waals surface area contributed by atoms with Gasteiger partial charge in [-0.25, -0.2) is 4.79 Å². The fourth-order valence-electron chi connectivity index (χ4n) is 4.78. The van der Waals surface area contributed by atoms with Crippen molar-refractivity contribution in [3.8, 4) is 5.75 Å². The van der Waals surface area contributed by atoms with Gasteiger partial charge in [-0.05, 0) is 50.1 Å². The summed E-state index contributed by atoms with van der Waals surface area (Å²) in [5.74, 6) is 0.390. The van der Waals surface area contributed by atoms with Crippen molar-refractivity contribution in [2.45, 2.75) is 45.2 Å². The number of piperidine rings is 1. The highest BCUT2D eigenvalue weighted by molar-refractivity contribution is 5.97. The molecule has 0 saturated carbocycles. The highest BCUT2D eigenvalue weighted by atomic mass is 16.5. The van der Waals surface area contributed by atoms with Crippen LogP contribution in [0.15, 0.2) is 52.1 Å². The van der Waals surface area contributed by atoms with Crippen LogP contribution in [0.3, 0.4) is 0 Å². The molecule has 0 aliphatic carbocycles. The third-order valence-corrected chi connectivity index (χ3v) is 6.67. The molecule has 0 radical (unpaired) electrons. The van der Waals surface area contributed by atoms with Gasteiger partial charge in [0.2, 0.25) is 0 Å². The monoisotopic (exact) mass is 464 g/mol. The molecule has 8 heteroatoms. The van der Waals surface area contributed by atoms with E-state index in [1.807, 2.05) is 18.2 Å². The van der Waals surface area contributed by atoms with Crippen LogP contribution in [0.5, 0.6) is 5.75 Å². The lowest BCUT2D eigenvalue weighted by Crippen LogP contribution is -2.43. The van der Waals surface area contributed by atoms with Gasteiger partial charge >= 0.3 is 5.69 Å². The molecule has 2 aromatic carbocycles. The molecule has 1 aliphatic rings. The Kier molecular flexibility index (Phi) is 7.47. The number of fused-ring (bicyclic) bond motifs is 1. The van der Waals surface area contributed by atoms with Crippen molar-refractivity contribution in [2.24, 2.45) is 0 Å². The minimum atomic E-state index is -0.531. The number of benzene rings is 2. The zero-order valence-corrected chi connectivity index (χ0v) is 19.8. The second kappa shape index (κ2) is 10.7. The largest absolute Gasteiger partial charge is 0.496 e. The topological polar surface area (TPSA) is 96.4 Å². The molecule has 8 nitrogen and oxygen atoms in total. The number of H-pyrrole nitrogens is 1. The minimum Gasteiger partial charge on any atom is -0.496 e. The number of amides is 1. The molecular formula is C26H32N4O4. The first-order valence-electron chi connectivity index (χ1n) is 11.9. The molecule has 1 aliphatic heterocycles. The van der Waals surface area contributed by atoms with Gasteiger partial charge in [0.25, 0.3) is 11.5 Å². The van der Waals surface area contributed by atoms with E-state index in [9.17, 15) is 14.4 Å². The first-order chi connectivity index (χ1) is 16.5. The van der Waals surface area contributed by atoms with Crippen LogP contribution in [0.2, 0.25) is 0 Å². The van der Waals surface area contributed by atoms with E-state index in [4.69, 9.17) is 4.74 Å². The molecule has 180 valence electrons. The molecule has 1 unspecified atom stereocenters. The predicted molar refractivity (Wildman–Crippen MR) is 133 cm³/mol. The first-order valence-corrected chi connectivity index (χ1v) is 11.9. The average molecular weight is 465 g/mol. The highest BCUT2D eigenvalue weighted by Crippen LogP contribution is 2.19. The van der Waals surface area contributed by atoms with Gasteiger partial charge in [0.05, 0.1) is 24.6 Å². The Bertz CT molecular complexity index is 1280. The van der Waals surface area contributed by atoms with Gasteiger partial charge in [0, 0.05) is 30.3 Å². The van der Waals surface area contributed by atoms with Crippen LogP contribution >= 0.6 is 0 Å². The van der Waals surface area contributed by atoms with Crippen LogP contribution in [-0.2, 0) is 6.54 Å². The summed E-state index contributed by atoms with van der Waals surface area (Å²) in [5.41, 5.74) is 0.549. The summed E-state index contributed by atoms with van der Waals surface area (Å²) in [7, 11) is 1.55. The summed E-state index contributed by atoms with van der Waals surface area (Å²) in [6.07, 6.45) is 4.83. The molecule has 2 N–H and O–H groups in total. The van der Waals surface area contributed by atoms with E-state index >= 15 is 0 Å². The summed E-state index contributed by atoms with van der Waals surface area (Å²) in [4.78, 5) is 43.7. The van der Waals surface area contributed by atoms with Crippen molar-refractivity contribution in [1.29, 1.82) is 0 Å². The zero-order valence-electron chi connectivity index (χ0n) is 19.8. The highest BCUT2D eigenvalue weighted by Gasteiger charge is 2.20. The van der Waals surface area contributed by atoms with Crippen LogP contribution in [0, 0.1) is 0 Å². The second-order valence-corrected chi connectivity index (χ2v) is 8.74. The molecule has 1 amide bonds. The van der Waals surface area contributed by atoms with Crippen LogP contribution in [0.4, 0.5) is 0 Å². The van der Waals surface area contributed by atoms with Gasteiger partial charge < -0.3 is 15.0 Å². The Hall–Kier alpha value is -3.39. The number of aromatic amines is 1. The van der Waals surface area contributed by atoms with Crippen LogP contribution < -0.4 is 21.3 Å². The van der Waals surface area contributed by atoms with Gasteiger partial charge in [-0.15, -0.1) is 0 Å². The number of ether oxygens (including phenoxy) is 1. The Labute approximate surface area is 198 Å². The van der Waals surface area contributed by atoms with E-state index in [0.717, 1.165) is 29.6 Å². The van der Waals surface area contributed by atoms with Gasteiger partial charge in [-0.3, -0.25) is 19.1 Å². The summed E-state index contributed by atoms with van der Waals surface area (Å²) < 4.78 is 6.48. The van der Waals surface area contributed by atoms with Gasteiger partial charge in [0.15, 0.2) is 0 Å². The summed E-state index contributed by atoms with van der Waals surface area (Å²) in [6.45, 7) is 4.76. The van der Waals surface area contributed by atoms with Crippen LogP contribution in [0.25, 0.3) is 10.9 Å². The molecule has 1 fully saturated rings. The van der Waals surface area contributed by atoms with E-state index in [2.05, 4.69) is 22.1 Å². The number of hydrogen-bond acceptors (Lipinski definition) is 5.